The molecular weight excluding hydrogens is 328 g/mol. The van der Waals surface area contributed by atoms with Gasteiger partial charge in [0.2, 0.25) is 5.91 Å². The number of hydrogen-bond acceptors (Lipinski definition) is 4. The molecule has 1 N–H and O–H groups in total. The predicted molar refractivity (Wildman–Crippen MR) is 96.7 cm³/mol. The van der Waals surface area contributed by atoms with Crippen molar-refractivity contribution in [1.29, 1.82) is 0 Å². The number of carbonyl (C=O) groups excluding carboxylic acids is 1. The number of para-hydroxylation sites is 1. The van der Waals surface area contributed by atoms with Crippen LogP contribution in [0, 0.1) is 6.92 Å². The van der Waals surface area contributed by atoms with Crippen LogP contribution in [-0.4, -0.2) is 46.5 Å². The summed E-state index contributed by atoms with van der Waals surface area (Å²) in [7, 11) is 0. The van der Waals surface area contributed by atoms with E-state index >= 15 is 0 Å². The average molecular weight is 351 g/mol. The molecule has 130 valence electrons. The second-order valence-corrected chi connectivity index (χ2v) is 5.95. The van der Waals surface area contributed by atoms with E-state index in [0.717, 1.165) is 43.7 Å². The highest BCUT2D eigenvalue weighted by atomic mass is 35.5. The fourth-order valence-electron chi connectivity index (χ4n) is 2.97. The van der Waals surface area contributed by atoms with Gasteiger partial charge in [-0.1, -0.05) is 12.1 Å². The van der Waals surface area contributed by atoms with E-state index in [2.05, 4.69) is 10.3 Å². The predicted octanol–water partition coefficient (Wildman–Crippen LogP) is 1.34. The summed E-state index contributed by atoms with van der Waals surface area (Å²) < 4.78 is 1.54. The maximum absolute atomic E-state index is 12.5. The molecule has 0 saturated carbocycles. The number of hydrogen-bond donors (Lipinski definition) is 1. The summed E-state index contributed by atoms with van der Waals surface area (Å²) in [6, 6.07) is 5.59. The van der Waals surface area contributed by atoms with Crippen molar-refractivity contribution < 1.29 is 4.79 Å². The number of fused-ring (bicyclic) bond motifs is 1. The molecule has 24 heavy (non-hydrogen) atoms. The minimum Gasteiger partial charge on any atom is -0.341 e. The Hall–Kier alpha value is -1.92. The third kappa shape index (κ3) is 3.94. The van der Waals surface area contributed by atoms with Crippen molar-refractivity contribution in [2.75, 3.05) is 26.2 Å². The van der Waals surface area contributed by atoms with Crippen molar-refractivity contribution >= 4 is 29.2 Å². The maximum atomic E-state index is 12.5. The lowest BCUT2D eigenvalue weighted by Gasteiger charge is -2.20. The number of halogens is 1. The van der Waals surface area contributed by atoms with E-state index in [0.29, 0.717) is 18.4 Å². The Bertz CT molecular complexity index is 767. The van der Waals surface area contributed by atoms with Gasteiger partial charge in [0.15, 0.2) is 0 Å². The highest BCUT2D eigenvalue weighted by Gasteiger charge is 2.15. The van der Waals surface area contributed by atoms with E-state index < -0.39 is 0 Å². The SMILES string of the molecule is Cc1cccc2c(=O)n(CCC(=O)N3CCCNCC3)cnc12.Cl. The minimum absolute atomic E-state index is 0. The molecule has 0 spiro atoms. The number of carbonyl (C=O) groups is 1. The first-order chi connectivity index (χ1) is 11.2. The summed E-state index contributed by atoms with van der Waals surface area (Å²) in [5, 5.41) is 3.89. The second-order valence-electron chi connectivity index (χ2n) is 5.95. The highest BCUT2D eigenvalue weighted by Crippen LogP contribution is 2.11. The van der Waals surface area contributed by atoms with E-state index in [1.54, 1.807) is 12.4 Å². The summed E-state index contributed by atoms with van der Waals surface area (Å²) in [5.74, 6) is 0.102. The highest BCUT2D eigenvalue weighted by molar-refractivity contribution is 5.85. The quantitative estimate of drug-likeness (QED) is 0.907. The van der Waals surface area contributed by atoms with Crippen molar-refractivity contribution in [2.24, 2.45) is 0 Å². The molecule has 0 aliphatic carbocycles. The molecule has 1 aliphatic heterocycles. The molecule has 2 heterocycles. The van der Waals surface area contributed by atoms with Crippen LogP contribution in [0.2, 0.25) is 0 Å². The molecule has 1 amide bonds. The van der Waals surface area contributed by atoms with Crippen LogP contribution in [0.3, 0.4) is 0 Å². The molecule has 0 unspecified atom stereocenters. The lowest BCUT2D eigenvalue weighted by Crippen LogP contribution is -2.35. The number of benzene rings is 1. The Kier molecular flexibility index (Phi) is 6.34. The molecule has 1 fully saturated rings. The molecular formula is C17H23ClN4O2. The van der Waals surface area contributed by atoms with Gasteiger partial charge >= 0.3 is 0 Å². The second kappa shape index (κ2) is 8.26. The molecule has 1 saturated heterocycles. The van der Waals surface area contributed by atoms with Crippen molar-refractivity contribution in [3.05, 3.63) is 40.4 Å². The zero-order valence-corrected chi connectivity index (χ0v) is 14.6. The van der Waals surface area contributed by atoms with Crippen molar-refractivity contribution in [3.63, 3.8) is 0 Å². The number of nitrogens with one attached hydrogen (secondary N) is 1. The van der Waals surface area contributed by atoms with Gasteiger partial charge in [-0.05, 0) is 31.5 Å². The lowest BCUT2D eigenvalue weighted by molar-refractivity contribution is -0.131. The number of rotatable bonds is 3. The summed E-state index contributed by atoms with van der Waals surface area (Å²) in [5.41, 5.74) is 1.64. The van der Waals surface area contributed by atoms with E-state index in [-0.39, 0.29) is 23.9 Å². The Morgan fingerprint density at radius 3 is 2.96 bits per heavy atom. The van der Waals surface area contributed by atoms with Gasteiger partial charge in [0.1, 0.15) is 0 Å². The normalized spacial score (nSPS) is 15.0. The standard InChI is InChI=1S/C17H22N4O2.ClH/c1-13-4-2-5-14-16(13)19-12-21(17(14)23)10-6-15(22)20-9-3-7-18-8-11-20;/h2,4-5,12,18H,3,6-11H2,1H3;1H. The topological polar surface area (TPSA) is 67.2 Å². The number of nitrogens with zero attached hydrogens (tertiary/aromatic N) is 3. The van der Waals surface area contributed by atoms with Crippen molar-refractivity contribution in [1.82, 2.24) is 19.8 Å². The molecule has 1 aromatic carbocycles. The van der Waals surface area contributed by atoms with E-state index in [1.807, 2.05) is 24.0 Å². The summed E-state index contributed by atoms with van der Waals surface area (Å²) in [4.78, 5) is 31.1. The van der Waals surface area contributed by atoms with Crippen LogP contribution in [0.1, 0.15) is 18.4 Å². The molecule has 0 atom stereocenters. The zero-order valence-electron chi connectivity index (χ0n) is 13.8. The van der Waals surface area contributed by atoms with Gasteiger partial charge < -0.3 is 10.2 Å². The van der Waals surface area contributed by atoms with E-state index in [4.69, 9.17) is 0 Å². The van der Waals surface area contributed by atoms with Crippen LogP contribution in [0.25, 0.3) is 10.9 Å². The first-order valence-electron chi connectivity index (χ1n) is 8.10. The smallest absolute Gasteiger partial charge is 0.261 e. The van der Waals surface area contributed by atoms with Crippen LogP contribution < -0.4 is 10.9 Å². The fourth-order valence-corrected chi connectivity index (χ4v) is 2.97. The monoisotopic (exact) mass is 350 g/mol. The van der Waals surface area contributed by atoms with Gasteiger partial charge in [-0.15, -0.1) is 12.4 Å². The van der Waals surface area contributed by atoms with Gasteiger partial charge in [0.05, 0.1) is 17.2 Å². The summed E-state index contributed by atoms with van der Waals surface area (Å²) in [6.07, 6.45) is 2.86. The third-order valence-corrected chi connectivity index (χ3v) is 4.31. The molecule has 1 aliphatic rings. The van der Waals surface area contributed by atoms with Gasteiger partial charge in [-0.2, -0.15) is 0 Å². The largest absolute Gasteiger partial charge is 0.341 e. The van der Waals surface area contributed by atoms with Crippen LogP contribution >= 0.6 is 12.4 Å². The molecule has 1 aromatic heterocycles. The third-order valence-electron chi connectivity index (χ3n) is 4.31. The van der Waals surface area contributed by atoms with E-state index in [1.165, 1.54) is 4.57 Å². The zero-order chi connectivity index (χ0) is 16.2. The number of aromatic nitrogens is 2. The van der Waals surface area contributed by atoms with Crippen molar-refractivity contribution in [2.45, 2.75) is 26.3 Å². The van der Waals surface area contributed by atoms with E-state index in [9.17, 15) is 9.59 Å². The van der Waals surface area contributed by atoms with Crippen LogP contribution in [0.4, 0.5) is 0 Å². The Morgan fingerprint density at radius 2 is 2.12 bits per heavy atom. The van der Waals surface area contributed by atoms with Crippen molar-refractivity contribution in [3.8, 4) is 0 Å². The summed E-state index contributed by atoms with van der Waals surface area (Å²) >= 11 is 0. The lowest BCUT2D eigenvalue weighted by atomic mass is 10.1. The molecule has 7 heteroatoms. The van der Waals surface area contributed by atoms with Gasteiger partial charge in [0, 0.05) is 32.6 Å². The molecule has 6 nitrogen and oxygen atoms in total. The number of aryl methyl sites for hydroxylation is 2. The average Bonchev–Trinajstić information content (AvgIpc) is 2.84. The van der Waals surface area contributed by atoms with Gasteiger partial charge in [-0.25, -0.2) is 4.98 Å². The minimum atomic E-state index is -0.0796. The first kappa shape index (κ1) is 18.4. The van der Waals surface area contributed by atoms with Crippen LogP contribution in [0.5, 0.6) is 0 Å². The summed E-state index contributed by atoms with van der Waals surface area (Å²) in [6.45, 7) is 5.63. The molecule has 0 bridgehead atoms. The fraction of sp³-hybridized carbons (Fsp3) is 0.471. The Labute approximate surface area is 147 Å². The van der Waals surface area contributed by atoms with Crippen LogP contribution in [0.15, 0.2) is 29.3 Å². The Morgan fingerprint density at radius 1 is 1.29 bits per heavy atom. The molecule has 0 radical (unpaired) electrons. The van der Waals surface area contributed by atoms with Gasteiger partial charge in [-0.3, -0.25) is 14.2 Å². The van der Waals surface area contributed by atoms with Crippen LogP contribution in [-0.2, 0) is 11.3 Å². The maximum Gasteiger partial charge on any atom is 0.261 e. The molecule has 3 rings (SSSR count). The number of amides is 1. The Balaban J connectivity index is 0.00000208. The first-order valence-corrected chi connectivity index (χ1v) is 8.10. The van der Waals surface area contributed by atoms with Gasteiger partial charge in [0.25, 0.3) is 5.56 Å². The molecule has 2 aromatic rings.